The van der Waals surface area contributed by atoms with E-state index in [4.69, 9.17) is 0 Å². The number of nitro groups is 2. The fraction of sp³-hybridized carbons (Fsp3) is 0.0909. The van der Waals surface area contributed by atoms with E-state index < -0.39 is 27.2 Å². The van der Waals surface area contributed by atoms with Crippen LogP contribution in [0.4, 0.5) is 17.1 Å². The van der Waals surface area contributed by atoms with E-state index in [2.05, 4.69) is 10.4 Å². The Morgan fingerprint density at radius 1 is 1.32 bits per heavy atom. The van der Waals surface area contributed by atoms with Gasteiger partial charge in [0, 0.05) is 13.1 Å². The SMILES string of the molecule is Cn1ncc([N+](=O)[O-])c1C(=O)Nc1ccc([N+](=O)[O-])cc1O. The molecular formula is C11H9N5O6. The molecule has 0 fully saturated rings. The van der Waals surface area contributed by atoms with Gasteiger partial charge in [-0.05, 0) is 6.07 Å². The molecule has 22 heavy (non-hydrogen) atoms. The number of carbonyl (C=O) groups excluding carboxylic acids is 1. The molecule has 1 aromatic carbocycles. The number of benzene rings is 1. The summed E-state index contributed by atoms with van der Waals surface area (Å²) in [6.07, 6.45) is 0.921. The molecule has 1 heterocycles. The van der Waals surface area contributed by atoms with Crippen LogP contribution in [-0.2, 0) is 7.05 Å². The van der Waals surface area contributed by atoms with Crippen molar-refractivity contribution in [1.29, 1.82) is 0 Å². The fourth-order valence-corrected chi connectivity index (χ4v) is 1.74. The predicted molar refractivity (Wildman–Crippen MR) is 72.6 cm³/mol. The van der Waals surface area contributed by atoms with Gasteiger partial charge in [0.1, 0.15) is 11.9 Å². The Bertz CT molecular complexity index is 783. The van der Waals surface area contributed by atoms with Crippen LogP contribution in [0, 0.1) is 20.2 Å². The first-order valence-corrected chi connectivity index (χ1v) is 5.76. The van der Waals surface area contributed by atoms with Gasteiger partial charge in [0.25, 0.3) is 11.6 Å². The van der Waals surface area contributed by atoms with Gasteiger partial charge in [-0.25, -0.2) is 0 Å². The topological polar surface area (TPSA) is 153 Å². The number of amides is 1. The summed E-state index contributed by atoms with van der Waals surface area (Å²) in [5, 5.41) is 36.9. The minimum Gasteiger partial charge on any atom is -0.506 e. The lowest BCUT2D eigenvalue weighted by atomic mass is 10.2. The van der Waals surface area contributed by atoms with Crippen LogP contribution in [0.25, 0.3) is 0 Å². The summed E-state index contributed by atoms with van der Waals surface area (Å²) in [6, 6.07) is 3.05. The smallest absolute Gasteiger partial charge is 0.320 e. The Kier molecular flexibility index (Phi) is 3.71. The van der Waals surface area contributed by atoms with Crippen molar-refractivity contribution in [3.63, 3.8) is 0 Å². The summed E-state index contributed by atoms with van der Waals surface area (Å²) in [7, 11) is 1.34. The Labute approximate surface area is 122 Å². The number of phenols is 1. The molecule has 0 spiro atoms. The van der Waals surface area contributed by atoms with Gasteiger partial charge in [0.2, 0.25) is 5.69 Å². The minimum atomic E-state index is -0.879. The van der Waals surface area contributed by atoms with Gasteiger partial charge in [0.15, 0.2) is 0 Å². The fourth-order valence-electron chi connectivity index (χ4n) is 1.74. The number of aryl methyl sites for hydroxylation is 1. The normalized spacial score (nSPS) is 10.2. The highest BCUT2D eigenvalue weighted by Crippen LogP contribution is 2.29. The van der Waals surface area contributed by atoms with Crippen LogP contribution in [0.1, 0.15) is 10.5 Å². The summed E-state index contributed by atoms with van der Waals surface area (Å²) < 4.78 is 1.01. The molecule has 2 rings (SSSR count). The molecule has 0 aliphatic heterocycles. The van der Waals surface area contributed by atoms with E-state index in [1.165, 1.54) is 7.05 Å². The van der Waals surface area contributed by atoms with E-state index in [1.807, 2.05) is 0 Å². The van der Waals surface area contributed by atoms with Gasteiger partial charge in [-0.3, -0.25) is 29.7 Å². The number of rotatable bonds is 4. The first-order chi connectivity index (χ1) is 10.3. The lowest BCUT2D eigenvalue weighted by molar-refractivity contribution is -0.385. The van der Waals surface area contributed by atoms with Gasteiger partial charge in [-0.1, -0.05) is 0 Å². The standard InChI is InChI=1S/C11H9N5O6/c1-14-10(8(5-12-14)16(21)22)11(18)13-7-3-2-6(15(19)20)4-9(7)17/h2-5,17H,1H3,(H,13,18). The van der Waals surface area contributed by atoms with Crippen LogP contribution >= 0.6 is 0 Å². The molecule has 11 heteroatoms. The summed E-state index contributed by atoms with van der Waals surface area (Å²) >= 11 is 0. The number of nitrogens with one attached hydrogen (secondary N) is 1. The Balaban J connectivity index is 2.32. The lowest BCUT2D eigenvalue weighted by Crippen LogP contribution is -2.17. The highest BCUT2D eigenvalue weighted by molar-refractivity contribution is 6.06. The van der Waals surface area contributed by atoms with Crippen LogP contribution in [-0.4, -0.2) is 30.6 Å². The van der Waals surface area contributed by atoms with Crippen molar-refractivity contribution in [2.75, 3.05) is 5.32 Å². The second kappa shape index (κ2) is 5.47. The molecular weight excluding hydrogens is 298 g/mol. The molecule has 0 bridgehead atoms. The number of carbonyl (C=O) groups is 1. The quantitative estimate of drug-likeness (QED) is 0.488. The Morgan fingerprint density at radius 2 is 2.00 bits per heavy atom. The van der Waals surface area contributed by atoms with Crippen LogP contribution in [0.3, 0.4) is 0 Å². The molecule has 114 valence electrons. The molecule has 0 atom stereocenters. The van der Waals surface area contributed by atoms with Crippen LogP contribution in [0.15, 0.2) is 24.4 Å². The first-order valence-electron chi connectivity index (χ1n) is 5.76. The maximum Gasteiger partial charge on any atom is 0.320 e. The second-order valence-electron chi connectivity index (χ2n) is 4.17. The second-order valence-corrected chi connectivity index (χ2v) is 4.17. The Morgan fingerprint density at radius 3 is 2.55 bits per heavy atom. The molecule has 1 amide bonds. The van der Waals surface area contributed by atoms with Gasteiger partial charge >= 0.3 is 5.69 Å². The minimum absolute atomic E-state index is 0.119. The van der Waals surface area contributed by atoms with Crippen molar-refractivity contribution < 1.29 is 19.7 Å². The molecule has 0 saturated carbocycles. The van der Waals surface area contributed by atoms with Gasteiger partial charge in [-0.2, -0.15) is 5.10 Å². The van der Waals surface area contributed by atoms with E-state index in [1.54, 1.807) is 0 Å². The highest BCUT2D eigenvalue weighted by atomic mass is 16.6. The van der Waals surface area contributed by atoms with Crippen molar-refractivity contribution in [3.8, 4) is 5.75 Å². The van der Waals surface area contributed by atoms with Gasteiger partial charge < -0.3 is 10.4 Å². The number of non-ortho nitro benzene ring substituents is 1. The third-order valence-electron chi connectivity index (χ3n) is 2.77. The maximum absolute atomic E-state index is 12.1. The van der Waals surface area contributed by atoms with Crippen LogP contribution in [0.2, 0.25) is 0 Å². The number of anilines is 1. The van der Waals surface area contributed by atoms with Crippen LogP contribution in [0.5, 0.6) is 5.75 Å². The zero-order valence-electron chi connectivity index (χ0n) is 11.1. The van der Waals surface area contributed by atoms with E-state index in [0.29, 0.717) is 0 Å². The summed E-state index contributed by atoms with van der Waals surface area (Å²) in [6.45, 7) is 0. The number of hydrogen-bond acceptors (Lipinski definition) is 7. The largest absolute Gasteiger partial charge is 0.506 e. The molecule has 0 saturated heterocycles. The predicted octanol–water partition coefficient (Wildman–Crippen LogP) is 1.19. The number of phenolic OH excluding ortho intramolecular Hbond substituents is 1. The van der Waals surface area contributed by atoms with Crippen LogP contribution < -0.4 is 5.32 Å². The average molecular weight is 307 g/mol. The van der Waals surface area contributed by atoms with Gasteiger partial charge in [0.05, 0.1) is 21.6 Å². The van der Waals surface area contributed by atoms with E-state index in [-0.39, 0.29) is 17.1 Å². The number of hydrogen-bond donors (Lipinski definition) is 2. The zero-order valence-corrected chi connectivity index (χ0v) is 11.1. The number of aromatic nitrogens is 2. The van der Waals surface area contributed by atoms with E-state index in [0.717, 1.165) is 29.1 Å². The van der Waals surface area contributed by atoms with Crippen molar-refractivity contribution in [3.05, 3.63) is 50.3 Å². The van der Waals surface area contributed by atoms with Crippen molar-refractivity contribution in [2.45, 2.75) is 0 Å². The third-order valence-corrected chi connectivity index (χ3v) is 2.77. The average Bonchev–Trinajstić information content (AvgIpc) is 2.82. The third kappa shape index (κ3) is 2.67. The molecule has 2 aromatic rings. The zero-order chi connectivity index (χ0) is 16.4. The summed E-state index contributed by atoms with van der Waals surface area (Å²) in [5.41, 5.74) is -1.29. The number of aromatic hydroxyl groups is 1. The molecule has 0 radical (unpaired) electrons. The van der Waals surface area contributed by atoms with Crippen molar-refractivity contribution in [1.82, 2.24) is 9.78 Å². The molecule has 11 nitrogen and oxygen atoms in total. The molecule has 2 N–H and O–H groups in total. The molecule has 0 unspecified atom stereocenters. The highest BCUT2D eigenvalue weighted by Gasteiger charge is 2.26. The Hall–Kier alpha value is -3.50. The summed E-state index contributed by atoms with van der Waals surface area (Å²) in [4.78, 5) is 32.0. The monoisotopic (exact) mass is 307 g/mol. The summed E-state index contributed by atoms with van der Waals surface area (Å²) in [5.74, 6) is -1.41. The maximum atomic E-state index is 12.1. The molecule has 0 aliphatic carbocycles. The molecule has 0 aliphatic rings. The van der Waals surface area contributed by atoms with Crippen molar-refractivity contribution in [2.24, 2.45) is 7.05 Å². The number of nitro benzene ring substituents is 1. The molecule has 1 aromatic heterocycles. The first kappa shape index (κ1) is 14.9. The van der Waals surface area contributed by atoms with Crippen molar-refractivity contribution >= 4 is 23.0 Å². The van der Waals surface area contributed by atoms with Gasteiger partial charge in [-0.15, -0.1) is 0 Å². The lowest BCUT2D eigenvalue weighted by Gasteiger charge is -2.07. The number of nitrogens with zero attached hydrogens (tertiary/aromatic N) is 4. The van der Waals surface area contributed by atoms with E-state index >= 15 is 0 Å². The van der Waals surface area contributed by atoms with E-state index in [9.17, 15) is 30.1 Å².